The van der Waals surface area contributed by atoms with Crippen molar-refractivity contribution >= 4 is 34.6 Å². The predicted molar refractivity (Wildman–Crippen MR) is 77.6 cm³/mol. The van der Waals surface area contributed by atoms with E-state index in [-0.39, 0.29) is 6.61 Å². The van der Waals surface area contributed by atoms with Crippen LogP contribution in [0.1, 0.15) is 25.7 Å². The lowest BCUT2D eigenvalue weighted by Crippen LogP contribution is -2.36. The van der Waals surface area contributed by atoms with Gasteiger partial charge in [0.2, 0.25) is 0 Å². The molecule has 1 aromatic rings. The first kappa shape index (κ1) is 13.8. The second-order valence-corrected chi connectivity index (χ2v) is 5.49. The van der Waals surface area contributed by atoms with Crippen molar-refractivity contribution in [3.05, 3.63) is 22.2 Å². The summed E-state index contributed by atoms with van der Waals surface area (Å²) in [5, 5.41) is 10.2. The highest BCUT2D eigenvalue weighted by Gasteiger charge is 2.24. The Morgan fingerprint density at radius 3 is 2.44 bits per heavy atom. The molecule has 0 unspecified atom stereocenters. The molecule has 0 saturated heterocycles. The molecule has 1 saturated carbocycles. The number of rotatable bonds is 4. The number of anilines is 2. The molecule has 1 aromatic carbocycles. The molecule has 0 bridgehead atoms. The molecule has 0 radical (unpaired) electrons. The molecule has 0 aliphatic heterocycles. The molecule has 0 amide bonds. The molecule has 0 heterocycles. The summed E-state index contributed by atoms with van der Waals surface area (Å²) in [4.78, 5) is 2.16. The quantitative estimate of drug-likeness (QED) is 0.836. The van der Waals surface area contributed by atoms with Crippen molar-refractivity contribution in [1.29, 1.82) is 0 Å². The number of nitrogens with zero attached hydrogens (tertiary/aromatic N) is 1. The Bertz CT molecular complexity index is 420. The van der Waals surface area contributed by atoms with Crippen LogP contribution in [0.4, 0.5) is 11.4 Å². The van der Waals surface area contributed by atoms with E-state index < -0.39 is 0 Å². The van der Waals surface area contributed by atoms with Crippen LogP contribution < -0.4 is 10.6 Å². The van der Waals surface area contributed by atoms with Crippen LogP contribution in [0.5, 0.6) is 0 Å². The first-order valence-electron chi connectivity index (χ1n) is 6.25. The third kappa shape index (κ3) is 2.85. The fraction of sp³-hybridized carbons (Fsp3) is 0.538. The molecule has 1 fully saturated rings. The molecule has 0 aromatic heterocycles. The van der Waals surface area contributed by atoms with E-state index in [0.29, 0.717) is 28.3 Å². The molecule has 18 heavy (non-hydrogen) atoms. The first-order valence-corrected chi connectivity index (χ1v) is 7.01. The maximum atomic E-state index is 9.23. The van der Waals surface area contributed by atoms with Gasteiger partial charge in [-0.15, -0.1) is 0 Å². The molecule has 2 rings (SSSR count). The van der Waals surface area contributed by atoms with Crippen LogP contribution in [-0.2, 0) is 0 Å². The second-order valence-electron chi connectivity index (χ2n) is 4.68. The van der Waals surface area contributed by atoms with Crippen LogP contribution in [0.15, 0.2) is 12.1 Å². The molecule has 100 valence electrons. The lowest BCUT2D eigenvalue weighted by atomic mass is 10.1. The predicted octanol–water partition coefficient (Wildman–Crippen LogP) is 3.32. The summed E-state index contributed by atoms with van der Waals surface area (Å²) in [5.41, 5.74) is 7.52. The van der Waals surface area contributed by atoms with Crippen molar-refractivity contribution in [3.8, 4) is 0 Å². The largest absolute Gasteiger partial charge is 0.397 e. The van der Waals surface area contributed by atoms with E-state index in [4.69, 9.17) is 28.9 Å². The van der Waals surface area contributed by atoms with Gasteiger partial charge >= 0.3 is 0 Å². The number of aliphatic hydroxyl groups is 1. The second kappa shape index (κ2) is 6.00. The minimum absolute atomic E-state index is 0.107. The average molecular weight is 289 g/mol. The summed E-state index contributed by atoms with van der Waals surface area (Å²) >= 11 is 12.0. The maximum Gasteiger partial charge on any atom is 0.0619 e. The lowest BCUT2D eigenvalue weighted by Gasteiger charge is -2.31. The minimum Gasteiger partial charge on any atom is -0.397 e. The summed E-state index contributed by atoms with van der Waals surface area (Å²) in [6, 6.07) is 3.92. The minimum atomic E-state index is 0.107. The zero-order valence-electron chi connectivity index (χ0n) is 10.2. The summed E-state index contributed by atoms with van der Waals surface area (Å²) < 4.78 is 0. The van der Waals surface area contributed by atoms with Gasteiger partial charge in [0.15, 0.2) is 0 Å². The number of hydrogen-bond acceptors (Lipinski definition) is 3. The molecule has 3 N–H and O–H groups in total. The van der Waals surface area contributed by atoms with Gasteiger partial charge in [0.25, 0.3) is 0 Å². The molecule has 1 aliphatic carbocycles. The molecule has 3 nitrogen and oxygen atoms in total. The number of nitrogen functional groups attached to an aromatic ring is 1. The fourth-order valence-corrected chi connectivity index (χ4v) is 2.95. The number of halogens is 2. The van der Waals surface area contributed by atoms with Gasteiger partial charge in [-0.3, -0.25) is 0 Å². The van der Waals surface area contributed by atoms with Gasteiger partial charge in [0.05, 0.1) is 28.0 Å². The van der Waals surface area contributed by atoms with E-state index in [1.165, 1.54) is 12.8 Å². The summed E-state index contributed by atoms with van der Waals surface area (Å²) in [6.07, 6.45) is 4.74. The number of nitrogens with two attached hydrogens (primary N) is 1. The van der Waals surface area contributed by atoms with E-state index in [2.05, 4.69) is 4.90 Å². The maximum absolute atomic E-state index is 9.23. The van der Waals surface area contributed by atoms with Crippen molar-refractivity contribution in [2.75, 3.05) is 23.8 Å². The van der Waals surface area contributed by atoms with Crippen LogP contribution in [0, 0.1) is 0 Å². The van der Waals surface area contributed by atoms with Crippen molar-refractivity contribution < 1.29 is 5.11 Å². The van der Waals surface area contributed by atoms with Crippen LogP contribution in [0.3, 0.4) is 0 Å². The fourth-order valence-electron chi connectivity index (χ4n) is 2.62. The van der Waals surface area contributed by atoms with E-state index in [9.17, 15) is 5.11 Å². The number of hydrogen-bond donors (Lipinski definition) is 2. The van der Waals surface area contributed by atoms with Gasteiger partial charge < -0.3 is 15.7 Å². The topological polar surface area (TPSA) is 49.5 Å². The van der Waals surface area contributed by atoms with Gasteiger partial charge in [-0.2, -0.15) is 0 Å². The van der Waals surface area contributed by atoms with Gasteiger partial charge in [0.1, 0.15) is 0 Å². The Kier molecular flexibility index (Phi) is 4.60. The third-order valence-electron chi connectivity index (χ3n) is 3.49. The van der Waals surface area contributed by atoms with E-state index >= 15 is 0 Å². The van der Waals surface area contributed by atoms with Gasteiger partial charge in [0, 0.05) is 12.6 Å². The van der Waals surface area contributed by atoms with Crippen LogP contribution >= 0.6 is 23.2 Å². The highest BCUT2D eigenvalue weighted by atomic mass is 35.5. The Morgan fingerprint density at radius 1 is 1.22 bits per heavy atom. The normalized spacial score (nSPS) is 16.2. The first-order chi connectivity index (χ1) is 8.63. The SMILES string of the molecule is Nc1cc(Cl)c(Cl)cc1N(CCO)C1CCCC1. The van der Waals surface area contributed by atoms with Crippen LogP contribution in [-0.4, -0.2) is 24.3 Å². The molecule has 0 atom stereocenters. The molecule has 0 spiro atoms. The zero-order valence-corrected chi connectivity index (χ0v) is 11.7. The molecule has 5 heteroatoms. The summed E-state index contributed by atoms with van der Waals surface area (Å²) in [7, 11) is 0. The highest BCUT2D eigenvalue weighted by Crippen LogP contribution is 2.36. The van der Waals surface area contributed by atoms with Gasteiger partial charge in [-0.25, -0.2) is 0 Å². The molecule has 1 aliphatic rings. The Hall–Kier alpha value is -0.640. The third-order valence-corrected chi connectivity index (χ3v) is 4.21. The standard InChI is InChI=1S/C13H18Cl2N2O/c14-10-7-12(16)13(8-11(10)15)17(5-6-18)9-3-1-2-4-9/h7-9,18H,1-6,16H2. The van der Waals surface area contributed by atoms with Gasteiger partial charge in [-0.1, -0.05) is 36.0 Å². The van der Waals surface area contributed by atoms with Crippen molar-refractivity contribution in [1.82, 2.24) is 0 Å². The molecular formula is C13H18Cl2N2O. The molecular weight excluding hydrogens is 271 g/mol. The number of benzene rings is 1. The summed E-state index contributed by atoms with van der Waals surface area (Å²) in [5.74, 6) is 0. The smallest absolute Gasteiger partial charge is 0.0619 e. The lowest BCUT2D eigenvalue weighted by molar-refractivity contribution is 0.297. The van der Waals surface area contributed by atoms with Crippen LogP contribution in [0.25, 0.3) is 0 Å². The van der Waals surface area contributed by atoms with E-state index in [0.717, 1.165) is 18.5 Å². The summed E-state index contributed by atoms with van der Waals surface area (Å²) in [6.45, 7) is 0.684. The average Bonchev–Trinajstić information content (AvgIpc) is 2.85. The highest BCUT2D eigenvalue weighted by molar-refractivity contribution is 6.42. The van der Waals surface area contributed by atoms with E-state index in [1.54, 1.807) is 12.1 Å². The van der Waals surface area contributed by atoms with Crippen molar-refractivity contribution in [2.45, 2.75) is 31.7 Å². The van der Waals surface area contributed by atoms with Gasteiger partial charge in [-0.05, 0) is 25.0 Å². The van der Waals surface area contributed by atoms with Crippen molar-refractivity contribution in [2.24, 2.45) is 0 Å². The zero-order chi connectivity index (χ0) is 13.1. The van der Waals surface area contributed by atoms with Crippen molar-refractivity contribution in [3.63, 3.8) is 0 Å². The monoisotopic (exact) mass is 288 g/mol. The Balaban J connectivity index is 2.32. The number of aliphatic hydroxyl groups excluding tert-OH is 1. The van der Waals surface area contributed by atoms with E-state index in [1.807, 2.05) is 0 Å². The Morgan fingerprint density at radius 2 is 1.83 bits per heavy atom. The Labute approximate surface area is 117 Å². The van der Waals surface area contributed by atoms with Crippen LogP contribution in [0.2, 0.25) is 10.0 Å².